The highest BCUT2D eigenvalue weighted by molar-refractivity contribution is 8.03. The highest BCUT2D eigenvalue weighted by Crippen LogP contribution is 2.52. The van der Waals surface area contributed by atoms with E-state index in [0.29, 0.717) is 10.1 Å². The number of hydrogen-bond acceptors (Lipinski definition) is 5. The number of anilines is 2. The first-order valence-electron chi connectivity index (χ1n) is 10.9. The molecule has 0 amide bonds. The summed E-state index contributed by atoms with van der Waals surface area (Å²) < 4.78 is 5.67. The average molecular weight is 522 g/mol. The van der Waals surface area contributed by atoms with Gasteiger partial charge in [0.2, 0.25) is 0 Å². The Morgan fingerprint density at radius 3 is 2.06 bits per heavy atom. The Labute approximate surface area is 216 Å². The summed E-state index contributed by atoms with van der Waals surface area (Å²) >= 11 is 7.40. The fourth-order valence-electron chi connectivity index (χ4n) is 4.11. The van der Waals surface area contributed by atoms with Crippen molar-refractivity contribution in [1.82, 2.24) is 0 Å². The molecule has 0 fully saturated rings. The molecule has 3 aromatic rings. The summed E-state index contributed by atoms with van der Waals surface area (Å²) in [7, 11) is -2.64. The van der Waals surface area contributed by atoms with Crippen LogP contribution in [0.4, 0.5) is 11.4 Å². The van der Waals surface area contributed by atoms with Crippen molar-refractivity contribution in [3.05, 3.63) is 130 Å². The van der Waals surface area contributed by atoms with Crippen molar-refractivity contribution >= 4 is 48.9 Å². The number of para-hydroxylation sites is 2. The lowest BCUT2D eigenvalue weighted by Gasteiger charge is -2.37. The predicted octanol–water partition coefficient (Wildman–Crippen LogP) is 8.56. The monoisotopic (exact) mass is 521 g/mol. The zero-order valence-electron chi connectivity index (χ0n) is 19.4. The van der Waals surface area contributed by atoms with Gasteiger partial charge in [-0.25, -0.2) is 0 Å². The first-order chi connectivity index (χ1) is 16.9. The van der Waals surface area contributed by atoms with E-state index in [1.165, 1.54) is 11.8 Å². The molecule has 1 heterocycles. The minimum absolute atomic E-state index is 0.406. The lowest BCUT2D eigenvalue weighted by molar-refractivity contribution is 0.337. The zero-order chi connectivity index (χ0) is 24.9. The van der Waals surface area contributed by atoms with Crippen molar-refractivity contribution in [3.63, 3.8) is 0 Å². The van der Waals surface area contributed by atoms with Gasteiger partial charge in [0.1, 0.15) is 0 Å². The maximum atomic E-state index is 9.87. The summed E-state index contributed by atoms with van der Waals surface area (Å²) in [6, 6.07) is 23.4. The van der Waals surface area contributed by atoms with Gasteiger partial charge in [0, 0.05) is 32.3 Å². The van der Waals surface area contributed by atoms with E-state index in [2.05, 4.69) is 36.6 Å². The molecule has 0 saturated carbocycles. The quantitative estimate of drug-likeness (QED) is 0.141. The van der Waals surface area contributed by atoms with Gasteiger partial charge in [-0.3, -0.25) is 0 Å². The Morgan fingerprint density at radius 2 is 1.54 bits per heavy atom. The number of nitrogens with zero attached hydrogens (tertiary/aromatic N) is 1. The van der Waals surface area contributed by atoms with Crippen molar-refractivity contribution < 1.29 is 14.3 Å². The Bertz CT molecular complexity index is 1280. The summed E-state index contributed by atoms with van der Waals surface area (Å²) in [5.74, 6) is 0. The van der Waals surface area contributed by atoms with Crippen LogP contribution in [0.15, 0.2) is 119 Å². The molecule has 0 aromatic heterocycles. The largest absolute Gasteiger partial charge is 0.419 e. The molecule has 3 aromatic carbocycles. The summed E-state index contributed by atoms with van der Waals surface area (Å²) in [5.41, 5.74) is 6.66. The van der Waals surface area contributed by atoms with Gasteiger partial charge in [0.05, 0.1) is 11.4 Å². The number of allylic oxidation sites excluding steroid dienone is 4. The van der Waals surface area contributed by atoms with Gasteiger partial charge in [-0.1, -0.05) is 84.6 Å². The highest BCUT2D eigenvalue weighted by Gasteiger charge is 2.32. The van der Waals surface area contributed by atoms with Crippen LogP contribution < -0.4 is 4.90 Å². The van der Waals surface area contributed by atoms with Crippen LogP contribution >= 0.6 is 32.0 Å². The molecule has 2 N–H and O–H groups in total. The van der Waals surface area contributed by atoms with Gasteiger partial charge in [0.25, 0.3) is 0 Å². The molecule has 0 bridgehead atoms. The number of thioether (sulfide) groups is 1. The van der Waals surface area contributed by atoms with Gasteiger partial charge in [-0.05, 0) is 55.8 Å². The van der Waals surface area contributed by atoms with Gasteiger partial charge in [-0.2, -0.15) is 0 Å². The van der Waals surface area contributed by atoms with E-state index in [0.717, 1.165) is 44.2 Å². The summed E-state index contributed by atoms with van der Waals surface area (Å²) in [4.78, 5) is 22.8. The third-order valence-corrected chi connectivity index (χ3v) is 7.21. The van der Waals surface area contributed by atoms with E-state index < -0.39 is 8.60 Å². The second-order valence-electron chi connectivity index (χ2n) is 7.69. The zero-order valence-corrected chi connectivity index (χ0v) is 21.8. The molecule has 4 rings (SSSR count). The predicted molar refractivity (Wildman–Crippen MR) is 149 cm³/mol. The second-order valence-corrected chi connectivity index (χ2v) is 9.86. The fourth-order valence-corrected chi connectivity index (χ4v) is 5.63. The molecule has 0 aliphatic carbocycles. The average Bonchev–Trinajstić information content (AvgIpc) is 2.85. The Balaban J connectivity index is 1.99. The highest BCUT2D eigenvalue weighted by atomic mass is 35.5. The molecule has 0 unspecified atom stereocenters. The van der Waals surface area contributed by atoms with Crippen LogP contribution in [0.2, 0.25) is 5.02 Å². The number of halogens is 1. The SMILES string of the molecule is C=C/C=C(C)\C(=C\C)N1c2ccccc2C(=C(OP(O)O)Sc2ccc(Cl)cc2)c2ccccc21. The van der Waals surface area contributed by atoms with Crippen LogP contribution in [0.5, 0.6) is 0 Å². The van der Waals surface area contributed by atoms with E-state index in [1.54, 1.807) is 18.2 Å². The molecule has 178 valence electrons. The van der Waals surface area contributed by atoms with E-state index in [9.17, 15) is 9.79 Å². The molecule has 0 radical (unpaired) electrons. The van der Waals surface area contributed by atoms with E-state index in [1.807, 2.05) is 61.5 Å². The minimum atomic E-state index is -2.64. The van der Waals surface area contributed by atoms with Gasteiger partial charge < -0.3 is 19.2 Å². The van der Waals surface area contributed by atoms with E-state index in [4.69, 9.17) is 16.1 Å². The van der Waals surface area contributed by atoms with Crippen molar-refractivity contribution in [1.29, 1.82) is 0 Å². The van der Waals surface area contributed by atoms with Gasteiger partial charge in [-0.15, -0.1) is 0 Å². The third kappa shape index (κ3) is 5.40. The fraction of sp³-hybridized carbons (Fsp3) is 0.0714. The summed E-state index contributed by atoms with van der Waals surface area (Å²) in [6.07, 6.45) is 5.85. The number of benzene rings is 3. The summed E-state index contributed by atoms with van der Waals surface area (Å²) in [6.45, 7) is 7.93. The van der Waals surface area contributed by atoms with E-state index >= 15 is 0 Å². The normalized spacial score (nSPS) is 13.4. The Kier molecular flexibility index (Phi) is 8.17. The van der Waals surface area contributed by atoms with Crippen molar-refractivity contribution in [2.24, 2.45) is 0 Å². The Morgan fingerprint density at radius 1 is 0.971 bits per heavy atom. The van der Waals surface area contributed by atoms with Gasteiger partial charge >= 0.3 is 8.60 Å². The first kappa shape index (κ1) is 25.3. The molecule has 0 atom stereocenters. The van der Waals surface area contributed by atoms with Crippen LogP contribution in [0.3, 0.4) is 0 Å². The molecule has 7 heteroatoms. The number of hydrogen-bond donors (Lipinski definition) is 2. The van der Waals surface area contributed by atoms with Crippen molar-refractivity contribution in [2.45, 2.75) is 18.7 Å². The number of fused-ring (bicyclic) bond motifs is 2. The van der Waals surface area contributed by atoms with Crippen molar-refractivity contribution in [3.8, 4) is 0 Å². The van der Waals surface area contributed by atoms with Crippen LogP contribution in [-0.2, 0) is 4.52 Å². The van der Waals surface area contributed by atoms with Crippen LogP contribution in [0, 0.1) is 0 Å². The lowest BCUT2D eigenvalue weighted by Crippen LogP contribution is -2.23. The third-order valence-electron chi connectivity index (χ3n) is 5.51. The number of rotatable bonds is 7. The standard InChI is InChI=1S/C28H25ClNO3PS/c1-4-10-19(3)24(5-2)30-25-13-8-6-11-22(25)27(23-12-7-9-14-26(23)30)28(33-34(31)32)35-21-17-15-20(29)16-18-21/h4-18,31-32H,1H2,2-3H3/b19-10-,24-5-. The van der Waals surface area contributed by atoms with Crippen LogP contribution in [-0.4, -0.2) is 9.79 Å². The molecule has 35 heavy (non-hydrogen) atoms. The maximum absolute atomic E-state index is 9.87. The first-order valence-corrected chi connectivity index (χ1v) is 13.3. The molecule has 1 aliphatic heterocycles. The minimum Gasteiger partial charge on any atom is -0.419 e. The van der Waals surface area contributed by atoms with Crippen molar-refractivity contribution in [2.75, 3.05) is 4.90 Å². The van der Waals surface area contributed by atoms with Gasteiger partial charge in [0.15, 0.2) is 5.09 Å². The molecule has 1 aliphatic rings. The van der Waals surface area contributed by atoms with Crippen LogP contribution in [0.25, 0.3) is 5.57 Å². The lowest BCUT2D eigenvalue weighted by atomic mass is 9.90. The second kappa shape index (κ2) is 11.3. The topological polar surface area (TPSA) is 52.9 Å². The molecule has 4 nitrogen and oxygen atoms in total. The van der Waals surface area contributed by atoms with E-state index in [-0.39, 0.29) is 0 Å². The maximum Gasteiger partial charge on any atom is 0.392 e. The van der Waals surface area contributed by atoms with Crippen LogP contribution in [0.1, 0.15) is 25.0 Å². The smallest absolute Gasteiger partial charge is 0.392 e. The Hall–Kier alpha value is -2.79. The molecular formula is C28H25ClNO3PS. The summed E-state index contributed by atoms with van der Waals surface area (Å²) in [5, 5.41) is 1.03. The molecule has 0 saturated heterocycles. The molecule has 0 spiro atoms. The molecular weight excluding hydrogens is 497 g/mol.